The lowest BCUT2D eigenvalue weighted by atomic mass is 10.0. The molecule has 2 heterocycles. The van der Waals surface area contributed by atoms with Crippen LogP contribution in [0.1, 0.15) is 15.9 Å². The number of nitrogens with zero attached hydrogens (tertiary/aromatic N) is 4. The van der Waals surface area contributed by atoms with E-state index in [-0.39, 0.29) is 22.5 Å². The van der Waals surface area contributed by atoms with Crippen LogP contribution in [0.2, 0.25) is 0 Å². The van der Waals surface area contributed by atoms with Crippen molar-refractivity contribution in [1.29, 1.82) is 0 Å². The van der Waals surface area contributed by atoms with Crippen LogP contribution >= 0.6 is 0 Å². The summed E-state index contributed by atoms with van der Waals surface area (Å²) in [5, 5.41) is 3.56. The maximum absolute atomic E-state index is 13.4. The predicted molar refractivity (Wildman–Crippen MR) is 145 cm³/mol. The summed E-state index contributed by atoms with van der Waals surface area (Å²) >= 11 is 0. The number of nitrogens with one attached hydrogen (secondary N) is 1. The molecular formula is C28H22N5O4S-. The fourth-order valence-electron chi connectivity index (χ4n) is 3.89. The van der Waals surface area contributed by atoms with Gasteiger partial charge in [-0.15, -0.1) is 0 Å². The summed E-state index contributed by atoms with van der Waals surface area (Å²) in [5.41, 5.74) is 4.25. The molecule has 5 aromatic rings. The zero-order chi connectivity index (χ0) is 26.7. The van der Waals surface area contributed by atoms with Crippen LogP contribution in [0.15, 0.2) is 96.2 Å². The quantitative estimate of drug-likeness (QED) is 0.291. The Labute approximate surface area is 219 Å². The number of pyridine rings is 1. The molecule has 1 N–H and O–H groups in total. The predicted octanol–water partition coefficient (Wildman–Crippen LogP) is 5.66. The number of rotatable bonds is 7. The van der Waals surface area contributed by atoms with Crippen molar-refractivity contribution >= 4 is 38.3 Å². The van der Waals surface area contributed by atoms with Gasteiger partial charge >= 0.3 is 0 Å². The van der Waals surface area contributed by atoms with Crippen molar-refractivity contribution < 1.29 is 17.9 Å². The molecule has 2 aromatic heterocycles. The first-order valence-corrected chi connectivity index (χ1v) is 13.0. The highest BCUT2D eigenvalue weighted by atomic mass is 32.2. The van der Waals surface area contributed by atoms with E-state index >= 15 is 0 Å². The van der Waals surface area contributed by atoms with Crippen molar-refractivity contribution in [2.75, 3.05) is 12.4 Å². The molecule has 0 saturated heterocycles. The number of methoxy groups -OCH3 is 1. The van der Waals surface area contributed by atoms with Gasteiger partial charge in [-0.1, -0.05) is 42.0 Å². The molecule has 0 unspecified atom stereocenters. The average Bonchev–Trinajstić information content (AvgIpc) is 2.92. The van der Waals surface area contributed by atoms with Gasteiger partial charge in [0.15, 0.2) is 0 Å². The highest BCUT2D eigenvalue weighted by Crippen LogP contribution is 2.29. The summed E-state index contributed by atoms with van der Waals surface area (Å²) in [6, 6.07) is 24.2. The fourth-order valence-corrected chi connectivity index (χ4v) is 4.82. The van der Waals surface area contributed by atoms with Gasteiger partial charge in [0.2, 0.25) is 15.9 Å². The number of hydrogen-bond acceptors (Lipinski definition) is 7. The summed E-state index contributed by atoms with van der Waals surface area (Å²) in [6.45, 7) is 2.00. The fraction of sp³-hybridized carbons (Fsp3) is 0.0714. The number of carbonyl (C=O) groups is 1. The lowest BCUT2D eigenvalue weighted by molar-refractivity contribution is 0.102. The van der Waals surface area contributed by atoms with Crippen LogP contribution in [0.25, 0.3) is 26.9 Å². The third-order valence-corrected chi connectivity index (χ3v) is 7.03. The van der Waals surface area contributed by atoms with E-state index in [1.807, 2.05) is 55.5 Å². The zero-order valence-corrected chi connectivity index (χ0v) is 21.3. The van der Waals surface area contributed by atoms with Crippen LogP contribution in [-0.4, -0.2) is 36.4 Å². The summed E-state index contributed by atoms with van der Waals surface area (Å²) < 4.78 is 34.2. The maximum atomic E-state index is 13.4. The Morgan fingerprint density at radius 3 is 2.47 bits per heavy atom. The summed E-state index contributed by atoms with van der Waals surface area (Å²) in [6.07, 6.45) is 1.17. The number of ether oxygens (including phenoxy) is 1. The lowest BCUT2D eigenvalue weighted by Crippen LogP contribution is -2.13. The second-order valence-corrected chi connectivity index (χ2v) is 10.0. The molecular weight excluding hydrogens is 502 g/mol. The molecule has 10 heteroatoms. The van der Waals surface area contributed by atoms with Crippen molar-refractivity contribution in [3.63, 3.8) is 0 Å². The monoisotopic (exact) mass is 524 g/mol. The van der Waals surface area contributed by atoms with Crippen molar-refractivity contribution in [3.8, 4) is 17.1 Å². The van der Waals surface area contributed by atoms with Gasteiger partial charge in [-0.05, 0) is 61.3 Å². The summed E-state index contributed by atoms with van der Waals surface area (Å²) in [4.78, 5) is 25.7. The second-order valence-electron chi connectivity index (χ2n) is 8.41. The van der Waals surface area contributed by atoms with Gasteiger partial charge in [0.25, 0.3) is 5.91 Å². The first-order chi connectivity index (χ1) is 18.3. The Kier molecular flexibility index (Phi) is 6.71. The minimum Gasteiger partial charge on any atom is -0.481 e. The molecule has 0 saturated carbocycles. The number of benzene rings is 3. The van der Waals surface area contributed by atoms with Crippen molar-refractivity contribution in [2.24, 2.45) is 0 Å². The van der Waals surface area contributed by atoms with Gasteiger partial charge in [0.05, 0.1) is 28.8 Å². The number of aryl methyl sites for hydroxylation is 1. The van der Waals surface area contributed by atoms with E-state index in [1.54, 1.807) is 6.07 Å². The molecule has 0 aliphatic rings. The minimum atomic E-state index is -4.05. The summed E-state index contributed by atoms with van der Waals surface area (Å²) in [5.74, 6) is -0.199. The highest BCUT2D eigenvalue weighted by Gasteiger charge is 2.16. The van der Waals surface area contributed by atoms with E-state index in [1.165, 1.54) is 43.8 Å². The topological polar surface area (TPSA) is 125 Å². The van der Waals surface area contributed by atoms with Crippen molar-refractivity contribution in [3.05, 3.63) is 107 Å². The molecule has 0 fully saturated rings. The van der Waals surface area contributed by atoms with Crippen molar-refractivity contribution in [2.45, 2.75) is 11.8 Å². The molecule has 0 aliphatic heterocycles. The molecule has 3 aromatic carbocycles. The second kappa shape index (κ2) is 10.3. The molecule has 0 aliphatic carbocycles. The minimum absolute atomic E-state index is 0.0517. The van der Waals surface area contributed by atoms with Gasteiger partial charge < -0.3 is 19.8 Å². The number of sulfonamides is 1. The van der Waals surface area contributed by atoms with E-state index in [0.29, 0.717) is 27.8 Å². The number of anilines is 1. The maximum Gasteiger partial charge on any atom is 0.256 e. The third kappa shape index (κ3) is 5.30. The average molecular weight is 525 g/mol. The van der Waals surface area contributed by atoms with E-state index < -0.39 is 10.0 Å². The molecule has 190 valence electrons. The number of hydrogen-bond donors (Lipinski definition) is 1. The van der Waals surface area contributed by atoms with Crippen LogP contribution in [-0.2, 0) is 10.0 Å². The molecule has 0 spiro atoms. The third-order valence-electron chi connectivity index (χ3n) is 5.74. The van der Waals surface area contributed by atoms with E-state index in [9.17, 15) is 13.2 Å². The van der Waals surface area contributed by atoms with Gasteiger partial charge in [-0.3, -0.25) is 4.79 Å². The van der Waals surface area contributed by atoms with Crippen LogP contribution in [0, 0.1) is 6.92 Å². The normalized spacial score (nSPS) is 11.2. The lowest BCUT2D eigenvalue weighted by Gasteiger charge is -2.16. The van der Waals surface area contributed by atoms with Gasteiger partial charge in [0.1, 0.15) is 0 Å². The van der Waals surface area contributed by atoms with Crippen LogP contribution in [0.3, 0.4) is 0 Å². The van der Waals surface area contributed by atoms with Gasteiger partial charge in [-0.2, -0.15) is 0 Å². The smallest absolute Gasteiger partial charge is 0.256 e. The SMILES string of the molecule is COc1cc([N-]S(=O)(=O)c2ccc(NC(=O)c3cc(-c4cccc(C)c4)nc4ccccc34)cc2)ncn1. The molecule has 38 heavy (non-hydrogen) atoms. The number of fused-ring (bicyclic) bond motifs is 1. The Morgan fingerprint density at radius 2 is 1.71 bits per heavy atom. The largest absolute Gasteiger partial charge is 0.481 e. The molecule has 1 amide bonds. The number of amides is 1. The Balaban J connectivity index is 1.40. The number of para-hydroxylation sites is 1. The Bertz CT molecular complexity index is 1760. The van der Waals surface area contributed by atoms with Gasteiger partial charge in [0, 0.05) is 23.0 Å². The number of aromatic nitrogens is 3. The molecule has 9 nitrogen and oxygen atoms in total. The van der Waals surface area contributed by atoms with E-state index in [4.69, 9.17) is 9.72 Å². The van der Waals surface area contributed by atoms with Crippen molar-refractivity contribution in [1.82, 2.24) is 15.0 Å². The molecule has 0 atom stereocenters. The number of carbonyl (C=O) groups excluding carboxylic acids is 1. The Morgan fingerprint density at radius 1 is 0.921 bits per heavy atom. The molecule has 0 bridgehead atoms. The highest BCUT2D eigenvalue weighted by molar-refractivity contribution is 7.94. The van der Waals surface area contributed by atoms with E-state index in [2.05, 4.69) is 20.0 Å². The Hall–Kier alpha value is -4.83. The van der Waals surface area contributed by atoms with Crippen LogP contribution < -0.4 is 10.1 Å². The molecule has 0 radical (unpaired) electrons. The summed E-state index contributed by atoms with van der Waals surface area (Å²) in [7, 11) is -2.64. The molecule has 5 rings (SSSR count). The van der Waals surface area contributed by atoms with Crippen LogP contribution in [0.5, 0.6) is 5.88 Å². The van der Waals surface area contributed by atoms with Gasteiger partial charge in [-0.25, -0.2) is 18.4 Å². The first-order valence-electron chi connectivity index (χ1n) is 11.5. The first kappa shape index (κ1) is 24.8. The standard InChI is InChI=1S/C28H23N5O4S/c1-18-6-5-7-19(14-18)25-15-23(22-8-3-4-9-24(22)32-25)28(34)31-20-10-12-21(13-11-20)38(35,36)33-26-16-27(37-2)30-17-29-26/h3-17H,1-2H3,(H2,29,30,31,33,34)/p-1. The van der Waals surface area contributed by atoms with Crippen LogP contribution in [0.4, 0.5) is 11.5 Å². The zero-order valence-electron chi connectivity index (χ0n) is 20.5. The van der Waals surface area contributed by atoms with E-state index in [0.717, 1.165) is 11.1 Å².